The molecule has 1 saturated heterocycles. The molecule has 0 saturated carbocycles. The molecule has 2 aromatic rings. The van der Waals surface area contributed by atoms with Crippen LogP contribution in [0, 0.1) is 11.8 Å². The minimum atomic E-state index is -4.03. The van der Waals surface area contributed by atoms with Crippen LogP contribution in [0.25, 0.3) is 0 Å². The van der Waals surface area contributed by atoms with Gasteiger partial charge in [0.1, 0.15) is 6.10 Å². The molecule has 0 amide bonds. The van der Waals surface area contributed by atoms with E-state index in [0.29, 0.717) is 0 Å². The molecule has 2 aromatic carbocycles. The summed E-state index contributed by atoms with van der Waals surface area (Å²) in [5.41, 5.74) is 1.60. The summed E-state index contributed by atoms with van der Waals surface area (Å²) in [6.07, 6.45) is -2.63. The predicted octanol–water partition coefficient (Wildman–Crippen LogP) is 4.69. The molecule has 2 unspecified atom stereocenters. The smallest absolute Gasteiger partial charge is 0.467 e. The Bertz CT molecular complexity index is 983. The number of hydrogen-bond donors (Lipinski definition) is 0. The molecule has 36 heavy (non-hydrogen) atoms. The Labute approximate surface area is 211 Å². The van der Waals surface area contributed by atoms with Crippen LogP contribution in [0.3, 0.4) is 0 Å². The Balaban J connectivity index is 1.73. The van der Waals surface area contributed by atoms with Crippen LogP contribution in [-0.4, -0.2) is 44.0 Å². The highest BCUT2D eigenvalue weighted by Gasteiger charge is 2.48. The molecule has 1 fully saturated rings. The lowest BCUT2D eigenvalue weighted by atomic mass is 9.81. The van der Waals surface area contributed by atoms with Gasteiger partial charge in [0.25, 0.3) is 0 Å². The molecule has 0 radical (unpaired) electrons. The van der Waals surface area contributed by atoms with Gasteiger partial charge in [0.2, 0.25) is 0 Å². The van der Waals surface area contributed by atoms with Gasteiger partial charge >= 0.3 is 19.8 Å². The van der Waals surface area contributed by atoms with Crippen molar-refractivity contribution in [1.29, 1.82) is 0 Å². The molecule has 3 rings (SSSR count). The van der Waals surface area contributed by atoms with Gasteiger partial charge in [-0.05, 0) is 17.0 Å². The topological polar surface area (TPSA) is 107 Å². The quantitative estimate of drug-likeness (QED) is 0.308. The van der Waals surface area contributed by atoms with Crippen molar-refractivity contribution in [1.82, 2.24) is 0 Å². The van der Waals surface area contributed by atoms with Crippen molar-refractivity contribution >= 4 is 19.8 Å². The summed E-state index contributed by atoms with van der Waals surface area (Å²) in [7, 11) is -2.80. The predicted molar refractivity (Wildman–Crippen MR) is 131 cm³/mol. The summed E-state index contributed by atoms with van der Waals surface area (Å²) in [4.78, 5) is 24.0. The molecule has 10 heteroatoms. The van der Waals surface area contributed by atoms with Crippen LogP contribution in [0.5, 0.6) is 0 Å². The van der Waals surface area contributed by atoms with Gasteiger partial charge in [0.05, 0.1) is 33.0 Å². The van der Waals surface area contributed by atoms with Gasteiger partial charge in [-0.15, -0.1) is 0 Å². The molecule has 1 heterocycles. The first-order valence-electron chi connectivity index (χ1n) is 11.7. The van der Waals surface area contributed by atoms with Crippen LogP contribution >= 0.6 is 7.82 Å². The number of ether oxygens (including phenoxy) is 3. The highest BCUT2D eigenvalue weighted by molar-refractivity contribution is 7.48. The number of methoxy groups -OCH3 is 1. The molecule has 1 aliphatic rings. The molecule has 9 nitrogen and oxygen atoms in total. The molecule has 0 spiro atoms. The Morgan fingerprint density at radius 3 is 1.86 bits per heavy atom. The van der Waals surface area contributed by atoms with E-state index in [4.69, 9.17) is 27.8 Å². The van der Waals surface area contributed by atoms with Crippen LogP contribution in [0.15, 0.2) is 60.7 Å². The Morgan fingerprint density at radius 2 is 1.39 bits per heavy atom. The van der Waals surface area contributed by atoms with E-state index in [-0.39, 0.29) is 31.7 Å². The van der Waals surface area contributed by atoms with Crippen molar-refractivity contribution in [3.8, 4) is 0 Å². The second kappa shape index (κ2) is 13.1. The molecule has 5 atom stereocenters. The van der Waals surface area contributed by atoms with E-state index in [9.17, 15) is 14.2 Å². The van der Waals surface area contributed by atoms with E-state index in [2.05, 4.69) is 0 Å². The third-order valence-corrected chi connectivity index (χ3v) is 7.51. The van der Waals surface area contributed by atoms with Crippen molar-refractivity contribution < 1.29 is 41.9 Å². The van der Waals surface area contributed by atoms with E-state index < -0.39 is 38.1 Å². The highest BCUT2D eigenvalue weighted by atomic mass is 31.2. The molecule has 1 aliphatic heterocycles. The molecule has 0 aromatic heterocycles. The number of carbonyl (C=O) groups excluding carboxylic acids is 2. The van der Waals surface area contributed by atoms with Crippen molar-refractivity contribution in [3.63, 3.8) is 0 Å². The molecule has 0 aliphatic carbocycles. The van der Waals surface area contributed by atoms with E-state index in [0.717, 1.165) is 11.1 Å². The lowest BCUT2D eigenvalue weighted by Crippen LogP contribution is -2.55. The summed E-state index contributed by atoms with van der Waals surface area (Å²) in [6, 6.07) is 18.5. The third kappa shape index (κ3) is 7.72. The number of benzene rings is 2. The summed E-state index contributed by atoms with van der Waals surface area (Å²) in [5, 5.41) is 0. The van der Waals surface area contributed by atoms with Crippen LogP contribution in [0.1, 0.15) is 31.9 Å². The number of rotatable bonds is 11. The van der Waals surface area contributed by atoms with Gasteiger partial charge in [-0.1, -0.05) is 74.5 Å². The van der Waals surface area contributed by atoms with E-state index >= 15 is 0 Å². The zero-order chi connectivity index (χ0) is 26.1. The summed E-state index contributed by atoms with van der Waals surface area (Å²) in [5.74, 6) is -1.68. The van der Waals surface area contributed by atoms with Crippen molar-refractivity contribution in [3.05, 3.63) is 71.8 Å². The van der Waals surface area contributed by atoms with Gasteiger partial charge in [0, 0.05) is 12.8 Å². The standard InChI is InChI=1S/C26H33O9P/c1-18-19(2)24(34-20(3)27)25(26(28)30-4)35-23(18)17-33-36(29,31-15-21-11-7-5-8-12-21)32-16-22-13-9-6-10-14-22/h5-14,18-19,23-25H,15-17H2,1-4H3/t18-,19-,23?,24?,25+/m0/s1. The van der Waals surface area contributed by atoms with Gasteiger partial charge in [-0.2, -0.15) is 0 Å². The number of phosphoric ester groups is 1. The zero-order valence-corrected chi connectivity index (χ0v) is 21.8. The van der Waals surface area contributed by atoms with Gasteiger partial charge in [-0.3, -0.25) is 18.4 Å². The fourth-order valence-electron chi connectivity index (χ4n) is 3.89. The van der Waals surface area contributed by atoms with Gasteiger partial charge < -0.3 is 14.2 Å². The lowest BCUT2D eigenvalue weighted by Gasteiger charge is -2.42. The molecule has 0 N–H and O–H groups in total. The van der Waals surface area contributed by atoms with Crippen LogP contribution in [0.4, 0.5) is 0 Å². The molecular formula is C26H33O9P. The van der Waals surface area contributed by atoms with Gasteiger partial charge in [-0.25, -0.2) is 9.36 Å². The Kier molecular flexibility index (Phi) is 10.2. The summed E-state index contributed by atoms with van der Waals surface area (Å²) in [6.45, 7) is 4.86. The average Bonchev–Trinajstić information content (AvgIpc) is 2.89. The largest absolute Gasteiger partial charge is 0.475 e. The maximum absolute atomic E-state index is 13.6. The van der Waals surface area contributed by atoms with E-state index in [1.807, 2.05) is 74.5 Å². The maximum Gasteiger partial charge on any atom is 0.475 e. The number of phosphoric acid groups is 1. The number of esters is 2. The number of carbonyl (C=O) groups is 2. The maximum atomic E-state index is 13.6. The molecule has 196 valence electrons. The van der Waals surface area contributed by atoms with E-state index in [1.165, 1.54) is 14.0 Å². The average molecular weight is 521 g/mol. The van der Waals surface area contributed by atoms with Crippen molar-refractivity contribution in [2.24, 2.45) is 11.8 Å². The second-order valence-electron chi connectivity index (χ2n) is 8.67. The Hall–Kier alpha value is -2.55. The highest BCUT2D eigenvalue weighted by Crippen LogP contribution is 2.51. The first-order valence-corrected chi connectivity index (χ1v) is 13.2. The molecule has 0 bridgehead atoms. The lowest BCUT2D eigenvalue weighted by molar-refractivity contribution is -0.211. The SMILES string of the molecule is COC(=O)[C@@H]1OC(COP(=O)(OCc2ccccc2)OCc2ccccc2)[C@@H](C)[C@H](C)C1OC(C)=O. The fourth-order valence-corrected chi connectivity index (χ4v) is 5.06. The van der Waals surface area contributed by atoms with Crippen LogP contribution in [0.2, 0.25) is 0 Å². The summed E-state index contributed by atoms with van der Waals surface area (Å²) >= 11 is 0. The minimum Gasteiger partial charge on any atom is -0.467 e. The van der Waals surface area contributed by atoms with Crippen molar-refractivity contribution in [2.75, 3.05) is 13.7 Å². The summed E-state index contributed by atoms with van der Waals surface area (Å²) < 4.78 is 46.8. The zero-order valence-electron chi connectivity index (χ0n) is 20.9. The van der Waals surface area contributed by atoms with Gasteiger partial charge in [0.15, 0.2) is 6.10 Å². The van der Waals surface area contributed by atoms with Crippen LogP contribution < -0.4 is 0 Å². The normalized spacial score (nSPS) is 24.2. The van der Waals surface area contributed by atoms with E-state index in [1.54, 1.807) is 0 Å². The minimum absolute atomic E-state index is 0.0176. The first-order chi connectivity index (χ1) is 17.2. The number of hydrogen-bond acceptors (Lipinski definition) is 9. The third-order valence-electron chi connectivity index (χ3n) is 6.15. The monoisotopic (exact) mass is 520 g/mol. The van der Waals surface area contributed by atoms with Crippen LogP contribution in [-0.2, 0) is 55.1 Å². The Morgan fingerprint density at radius 1 is 0.861 bits per heavy atom. The fraction of sp³-hybridized carbons (Fsp3) is 0.462. The first kappa shape index (κ1) is 28.0. The van der Waals surface area contributed by atoms with Crippen molar-refractivity contribution in [2.45, 2.75) is 52.3 Å². The molecular weight excluding hydrogens is 487 g/mol. The second-order valence-corrected chi connectivity index (χ2v) is 10.3.